The van der Waals surface area contributed by atoms with Crippen molar-refractivity contribution in [3.63, 3.8) is 0 Å². The number of para-hydroxylation sites is 1. The summed E-state index contributed by atoms with van der Waals surface area (Å²) >= 11 is 0. The minimum Gasteiger partial charge on any atom is -0.464 e. The predicted molar refractivity (Wildman–Crippen MR) is 62.7 cm³/mol. The maximum Gasteiger partial charge on any atom is 0.134 e. The third-order valence-electron chi connectivity index (χ3n) is 2.30. The largest absolute Gasteiger partial charge is 0.464 e. The fourth-order valence-electron chi connectivity index (χ4n) is 1.58. The molecule has 0 unspecified atom stereocenters. The van der Waals surface area contributed by atoms with Crippen molar-refractivity contribution in [3.8, 4) is 0 Å². The molecule has 0 aliphatic carbocycles. The van der Waals surface area contributed by atoms with Gasteiger partial charge in [-0.1, -0.05) is 30.4 Å². The minimum absolute atomic E-state index is 0.823. The molecular formula is C13H15NO. The van der Waals surface area contributed by atoms with Crippen molar-refractivity contribution in [1.29, 1.82) is 0 Å². The van der Waals surface area contributed by atoms with Crippen molar-refractivity contribution in [2.24, 2.45) is 0 Å². The Kier molecular flexibility index (Phi) is 2.88. The molecule has 15 heavy (non-hydrogen) atoms. The SMILES string of the molecule is C=C(C)CNCc1coc2ccccc12. The van der Waals surface area contributed by atoms with Crippen molar-refractivity contribution < 1.29 is 4.42 Å². The first kappa shape index (κ1) is 9.99. The highest BCUT2D eigenvalue weighted by Crippen LogP contribution is 2.20. The van der Waals surface area contributed by atoms with Gasteiger partial charge in [-0.15, -0.1) is 0 Å². The second kappa shape index (κ2) is 4.32. The summed E-state index contributed by atoms with van der Waals surface area (Å²) in [4.78, 5) is 0. The van der Waals surface area contributed by atoms with Gasteiger partial charge in [-0.2, -0.15) is 0 Å². The van der Waals surface area contributed by atoms with Crippen LogP contribution in [-0.2, 0) is 6.54 Å². The average molecular weight is 201 g/mol. The maximum absolute atomic E-state index is 5.44. The summed E-state index contributed by atoms with van der Waals surface area (Å²) in [6, 6.07) is 8.07. The van der Waals surface area contributed by atoms with E-state index in [-0.39, 0.29) is 0 Å². The lowest BCUT2D eigenvalue weighted by Crippen LogP contribution is -2.14. The van der Waals surface area contributed by atoms with Crippen LogP contribution in [-0.4, -0.2) is 6.54 Å². The fourth-order valence-corrected chi connectivity index (χ4v) is 1.58. The number of hydrogen-bond donors (Lipinski definition) is 1. The molecule has 78 valence electrons. The van der Waals surface area contributed by atoms with E-state index in [2.05, 4.69) is 18.0 Å². The summed E-state index contributed by atoms with van der Waals surface area (Å²) in [5.41, 5.74) is 3.29. The summed E-state index contributed by atoms with van der Waals surface area (Å²) in [5, 5.41) is 4.51. The zero-order valence-electron chi connectivity index (χ0n) is 8.92. The molecule has 0 aliphatic rings. The second-order valence-electron chi connectivity index (χ2n) is 3.82. The molecule has 0 fully saturated rings. The lowest BCUT2D eigenvalue weighted by atomic mass is 10.2. The highest BCUT2D eigenvalue weighted by Gasteiger charge is 2.03. The van der Waals surface area contributed by atoms with E-state index in [0.29, 0.717) is 0 Å². The van der Waals surface area contributed by atoms with E-state index in [1.807, 2.05) is 31.4 Å². The molecule has 0 saturated heterocycles. The molecular weight excluding hydrogens is 186 g/mol. The average Bonchev–Trinajstić information content (AvgIpc) is 2.62. The lowest BCUT2D eigenvalue weighted by Gasteiger charge is -2.01. The van der Waals surface area contributed by atoms with Gasteiger partial charge >= 0.3 is 0 Å². The van der Waals surface area contributed by atoms with E-state index in [4.69, 9.17) is 4.42 Å². The van der Waals surface area contributed by atoms with Gasteiger partial charge in [0.15, 0.2) is 0 Å². The molecule has 0 spiro atoms. The summed E-state index contributed by atoms with van der Waals surface area (Å²) < 4.78 is 5.44. The van der Waals surface area contributed by atoms with Crippen LogP contribution in [0.5, 0.6) is 0 Å². The summed E-state index contributed by atoms with van der Waals surface area (Å²) in [6.07, 6.45) is 1.82. The van der Waals surface area contributed by atoms with E-state index in [1.54, 1.807) is 0 Å². The summed E-state index contributed by atoms with van der Waals surface area (Å²) in [6.45, 7) is 7.53. The summed E-state index contributed by atoms with van der Waals surface area (Å²) in [5.74, 6) is 0. The van der Waals surface area contributed by atoms with Gasteiger partial charge in [0.2, 0.25) is 0 Å². The standard InChI is InChI=1S/C13H15NO/c1-10(2)7-14-8-11-9-15-13-6-4-3-5-12(11)13/h3-6,9,14H,1,7-8H2,2H3. The predicted octanol–water partition coefficient (Wildman–Crippen LogP) is 3.10. The Morgan fingerprint density at radius 3 is 3.00 bits per heavy atom. The summed E-state index contributed by atoms with van der Waals surface area (Å²) in [7, 11) is 0. The molecule has 2 rings (SSSR count). The van der Waals surface area contributed by atoms with Crippen LogP contribution in [0.2, 0.25) is 0 Å². The van der Waals surface area contributed by atoms with Crippen LogP contribution in [0, 0.1) is 0 Å². The van der Waals surface area contributed by atoms with Gasteiger partial charge < -0.3 is 9.73 Å². The normalized spacial score (nSPS) is 10.7. The first-order valence-corrected chi connectivity index (χ1v) is 5.07. The van der Waals surface area contributed by atoms with Gasteiger partial charge in [0.1, 0.15) is 5.58 Å². The quantitative estimate of drug-likeness (QED) is 0.769. The molecule has 1 heterocycles. The van der Waals surface area contributed by atoms with Crippen molar-refractivity contribution >= 4 is 11.0 Å². The molecule has 2 aromatic rings. The van der Waals surface area contributed by atoms with Gasteiger partial charge in [0, 0.05) is 24.0 Å². The highest BCUT2D eigenvalue weighted by molar-refractivity contribution is 5.80. The Balaban J connectivity index is 2.11. The fraction of sp³-hybridized carbons (Fsp3) is 0.231. The zero-order chi connectivity index (χ0) is 10.7. The molecule has 0 amide bonds. The van der Waals surface area contributed by atoms with E-state index >= 15 is 0 Å². The number of hydrogen-bond acceptors (Lipinski definition) is 2. The number of benzene rings is 1. The molecule has 0 atom stereocenters. The Bertz CT molecular complexity index is 470. The van der Waals surface area contributed by atoms with E-state index in [0.717, 1.165) is 24.2 Å². The van der Waals surface area contributed by atoms with Crippen molar-refractivity contribution in [2.45, 2.75) is 13.5 Å². The molecule has 2 heteroatoms. The van der Waals surface area contributed by atoms with Gasteiger partial charge in [0.25, 0.3) is 0 Å². The number of furan rings is 1. The van der Waals surface area contributed by atoms with E-state index in [1.165, 1.54) is 10.9 Å². The Morgan fingerprint density at radius 1 is 1.40 bits per heavy atom. The van der Waals surface area contributed by atoms with Crippen LogP contribution in [0.1, 0.15) is 12.5 Å². The molecule has 2 nitrogen and oxygen atoms in total. The second-order valence-corrected chi connectivity index (χ2v) is 3.82. The molecule has 1 N–H and O–H groups in total. The van der Waals surface area contributed by atoms with Crippen molar-refractivity contribution in [1.82, 2.24) is 5.32 Å². The first-order chi connectivity index (χ1) is 7.27. The number of fused-ring (bicyclic) bond motifs is 1. The Labute approximate surface area is 89.6 Å². The van der Waals surface area contributed by atoms with Crippen LogP contribution >= 0.6 is 0 Å². The Morgan fingerprint density at radius 2 is 2.20 bits per heavy atom. The first-order valence-electron chi connectivity index (χ1n) is 5.07. The smallest absolute Gasteiger partial charge is 0.134 e. The number of rotatable bonds is 4. The van der Waals surface area contributed by atoms with Gasteiger partial charge in [-0.3, -0.25) is 0 Å². The molecule has 0 radical (unpaired) electrons. The highest BCUT2D eigenvalue weighted by atomic mass is 16.3. The molecule has 1 aromatic carbocycles. The third kappa shape index (κ3) is 2.28. The van der Waals surface area contributed by atoms with Crippen molar-refractivity contribution in [2.75, 3.05) is 6.54 Å². The zero-order valence-corrected chi connectivity index (χ0v) is 8.92. The monoisotopic (exact) mass is 201 g/mol. The van der Waals surface area contributed by atoms with Gasteiger partial charge in [0.05, 0.1) is 6.26 Å². The minimum atomic E-state index is 0.823. The third-order valence-corrected chi connectivity index (χ3v) is 2.30. The van der Waals surface area contributed by atoms with Gasteiger partial charge in [-0.05, 0) is 13.0 Å². The van der Waals surface area contributed by atoms with Gasteiger partial charge in [-0.25, -0.2) is 0 Å². The Hall–Kier alpha value is -1.54. The molecule has 1 aromatic heterocycles. The van der Waals surface area contributed by atoms with Crippen LogP contribution in [0.25, 0.3) is 11.0 Å². The van der Waals surface area contributed by atoms with Crippen molar-refractivity contribution in [3.05, 3.63) is 48.2 Å². The lowest BCUT2D eigenvalue weighted by molar-refractivity contribution is 0.605. The molecule has 0 aliphatic heterocycles. The maximum atomic E-state index is 5.44. The molecule has 0 saturated carbocycles. The molecule has 0 bridgehead atoms. The van der Waals surface area contributed by atoms with E-state index < -0.39 is 0 Å². The topological polar surface area (TPSA) is 25.2 Å². The number of nitrogens with one attached hydrogen (secondary N) is 1. The van der Waals surface area contributed by atoms with Crippen LogP contribution < -0.4 is 5.32 Å². The van der Waals surface area contributed by atoms with Crippen LogP contribution in [0.4, 0.5) is 0 Å². The van der Waals surface area contributed by atoms with E-state index in [9.17, 15) is 0 Å². The van der Waals surface area contributed by atoms with Crippen LogP contribution in [0.15, 0.2) is 47.1 Å². The van der Waals surface area contributed by atoms with Crippen LogP contribution in [0.3, 0.4) is 0 Å².